The number of methoxy groups -OCH3 is 3. The summed E-state index contributed by atoms with van der Waals surface area (Å²) >= 11 is 0. The van der Waals surface area contributed by atoms with Crippen molar-refractivity contribution >= 4 is 11.9 Å². The second-order valence-electron chi connectivity index (χ2n) is 13.4. The first-order valence-corrected chi connectivity index (χ1v) is 14.4. The SMILES string of the molecule is CC[C@]12CN(C)[C@@H]3C4[C@H](OC)[C@H]1[C@@]3([C@@H](OC)C[C@H]2C)[C@@H]1C[C@@]2(O)[C@H](OC(C)=O)[C@@H]1[C@]4(O)[C@@H](OC(C)=O)[C@@H]2OC. The number of rotatable bonds is 6. The standard InChI is InChI=1S/C29H45NO9/c1-9-26-12-30(5)22-19-20(36-7)21(26)28(22,17(35-6)10-13(26)2)16-11-27(33)23(38-14(3)31)18(16)29(19,34)25(24(27)37-8)39-15(4)32/h13,16-25,33-34H,9-12H2,1-8H3/t13-,16-,17+,18-,19?,20+,21-,22-,23-,24+,25+,26-,27-,28+,29-/m1/s1. The van der Waals surface area contributed by atoms with Crippen LogP contribution in [0.2, 0.25) is 0 Å². The van der Waals surface area contributed by atoms with Gasteiger partial charge in [0.05, 0.1) is 12.2 Å². The normalized spacial score (nSPS) is 56.8. The highest BCUT2D eigenvalue weighted by atomic mass is 16.6. The van der Waals surface area contributed by atoms with Gasteiger partial charge in [-0.15, -0.1) is 0 Å². The number of hydrogen-bond acceptors (Lipinski definition) is 10. The van der Waals surface area contributed by atoms with E-state index in [1.54, 1.807) is 14.2 Å². The van der Waals surface area contributed by atoms with Crippen LogP contribution in [-0.2, 0) is 33.3 Å². The van der Waals surface area contributed by atoms with Crippen LogP contribution in [0, 0.1) is 40.4 Å². The maximum Gasteiger partial charge on any atom is 0.303 e. The van der Waals surface area contributed by atoms with Crippen LogP contribution in [0.4, 0.5) is 0 Å². The molecule has 0 amide bonds. The molecule has 10 nitrogen and oxygen atoms in total. The fraction of sp³-hybridized carbons (Fsp3) is 0.931. The molecule has 6 aliphatic rings. The molecular weight excluding hydrogens is 506 g/mol. The van der Waals surface area contributed by atoms with Gasteiger partial charge >= 0.3 is 11.9 Å². The molecule has 5 saturated carbocycles. The van der Waals surface area contributed by atoms with Crippen molar-refractivity contribution in [1.29, 1.82) is 0 Å². The molecule has 1 spiro atoms. The average molecular weight is 552 g/mol. The Bertz CT molecular complexity index is 1060. The molecule has 1 heterocycles. The molecular formula is C29H45NO9. The van der Waals surface area contributed by atoms with Crippen LogP contribution in [0.3, 0.4) is 0 Å². The first-order valence-electron chi connectivity index (χ1n) is 14.4. The molecule has 5 aliphatic carbocycles. The number of piperidine rings is 1. The fourth-order valence-electron chi connectivity index (χ4n) is 12.0. The first-order chi connectivity index (χ1) is 18.4. The quantitative estimate of drug-likeness (QED) is 0.462. The van der Waals surface area contributed by atoms with Gasteiger partial charge in [-0.3, -0.25) is 9.59 Å². The van der Waals surface area contributed by atoms with Gasteiger partial charge < -0.3 is 38.8 Å². The molecule has 7 bridgehead atoms. The van der Waals surface area contributed by atoms with Crippen molar-refractivity contribution in [3.05, 3.63) is 0 Å². The summed E-state index contributed by atoms with van der Waals surface area (Å²) in [5, 5.41) is 25.7. The van der Waals surface area contributed by atoms with Crippen molar-refractivity contribution in [2.75, 3.05) is 34.9 Å². The minimum atomic E-state index is -1.69. The summed E-state index contributed by atoms with van der Waals surface area (Å²) < 4.78 is 30.6. The molecule has 1 saturated heterocycles. The monoisotopic (exact) mass is 551 g/mol. The van der Waals surface area contributed by atoms with Crippen molar-refractivity contribution in [3.8, 4) is 0 Å². The van der Waals surface area contributed by atoms with Gasteiger partial charge in [0, 0.05) is 70.9 Å². The zero-order chi connectivity index (χ0) is 28.4. The zero-order valence-corrected chi connectivity index (χ0v) is 24.4. The Morgan fingerprint density at radius 1 is 0.949 bits per heavy atom. The molecule has 1 unspecified atom stereocenters. The van der Waals surface area contributed by atoms with E-state index in [1.165, 1.54) is 21.0 Å². The van der Waals surface area contributed by atoms with E-state index in [1.807, 2.05) is 0 Å². The van der Waals surface area contributed by atoms with Gasteiger partial charge in [0.25, 0.3) is 0 Å². The highest BCUT2D eigenvalue weighted by Gasteiger charge is 2.91. The summed E-state index contributed by atoms with van der Waals surface area (Å²) in [6, 6.07) is -0.162. The number of aliphatic hydroxyl groups is 2. The Morgan fingerprint density at radius 3 is 2.13 bits per heavy atom. The second kappa shape index (κ2) is 8.61. The van der Waals surface area contributed by atoms with Gasteiger partial charge in [0.1, 0.15) is 23.4 Å². The molecule has 1 aliphatic heterocycles. The number of ether oxygens (including phenoxy) is 5. The lowest BCUT2D eigenvalue weighted by molar-refractivity contribution is -0.318. The van der Waals surface area contributed by atoms with E-state index in [9.17, 15) is 19.8 Å². The number of carbonyl (C=O) groups excluding carboxylic acids is 2. The first kappa shape index (κ1) is 27.8. The second-order valence-corrected chi connectivity index (χ2v) is 13.4. The van der Waals surface area contributed by atoms with Gasteiger partial charge in [-0.05, 0) is 43.6 Å². The molecule has 0 aromatic carbocycles. The molecule has 39 heavy (non-hydrogen) atoms. The highest BCUT2D eigenvalue weighted by Crippen LogP contribution is 2.81. The molecule has 0 radical (unpaired) electrons. The van der Waals surface area contributed by atoms with Gasteiger partial charge in [-0.1, -0.05) is 13.8 Å². The summed E-state index contributed by atoms with van der Waals surface area (Å²) in [6.45, 7) is 8.02. The lowest BCUT2D eigenvalue weighted by atomic mass is 9.41. The molecule has 6 fully saturated rings. The lowest BCUT2D eigenvalue weighted by Crippen LogP contribution is -2.80. The van der Waals surface area contributed by atoms with Gasteiger partial charge in [-0.25, -0.2) is 0 Å². The number of hydrogen-bond donors (Lipinski definition) is 2. The summed E-state index contributed by atoms with van der Waals surface area (Å²) in [5.41, 5.74) is -3.95. The Labute approximate surface area is 230 Å². The van der Waals surface area contributed by atoms with Crippen LogP contribution in [0.25, 0.3) is 0 Å². The minimum Gasteiger partial charge on any atom is -0.459 e. The predicted octanol–water partition coefficient (Wildman–Crippen LogP) is 1.00. The third-order valence-corrected chi connectivity index (χ3v) is 12.6. The molecule has 15 atom stereocenters. The van der Waals surface area contributed by atoms with E-state index in [0.29, 0.717) is 5.92 Å². The van der Waals surface area contributed by atoms with Crippen molar-refractivity contribution in [1.82, 2.24) is 4.90 Å². The smallest absolute Gasteiger partial charge is 0.303 e. The van der Waals surface area contributed by atoms with Crippen LogP contribution in [0.5, 0.6) is 0 Å². The van der Waals surface area contributed by atoms with Crippen molar-refractivity contribution in [2.24, 2.45) is 40.4 Å². The predicted molar refractivity (Wildman–Crippen MR) is 137 cm³/mol. The van der Waals surface area contributed by atoms with E-state index >= 15 is 0 Å². The number of likely N-dealkylation sites (tertiary alicyclic amines) is 1. The zero-order valence-electron chi connectivity index (χ0n) is 24.4. The number of nitrogens with zero attached hydrogens (tertiary/aromatic N) is 1. The van der Waals surface area contributed by atoms with E-state index < -0.39 is 58.7 Å². The van der Waals surface area contributed by atoms with Crippen molar-refractivity contribution in [2.45, 2.75) is 94.7 Å². The molecule has 0 aromatic heterocycles. The van der Waals surface area contributed by atoms with E-state index in [-0.39, 0.29) is 41.9 Å². The highest BCUT2D eigenvalue weighted by molar-refractivity contribution is 5.67. The van der Waals surface area contributed by atoms with Crippen LogP contribution < -0.4 is 0 Å². The summed E-state index contributed by atoms with van der Waals surface area (Å²) in [4.78, 5) is 27.4. The summed E-state index contributed by atoms with van der Waals surface area (Å²) in [6.07, 6.45) is -1.81. The third kappa shape index (κ3) is 2.89. The topological polar surface area (TPSA) is 124 Å². The van der Waals surface area contributed by atoms with E-state index in [2.05, 4.69) is 25.8 Å². The van der Waals surface area contributed by atoms with Gasteiger partial charge in [0.15, 0.2) is 6.10 Å². The number of fused-ring (bicyclic) bond motifs is 2. The molecule has 6 rings (SSSR count). The fourth-order valence-corrected chi connectivity index (χ4v) is 12.0. The van der Waals surface area contributed by atoms with Gasteiger partial charge in [-0.2, -0.15) is 0 Å². The summed E-state index contributed by atoms with van der Waals surface area (Å²) in [7, 11) is 7.02. The Kier molecular flexibility index (Phi) is 6.15. The van der Waals surface area contributed by atoms with Crippen molar-refractivity contribution < 1.29 is 43.5 Å². The van der Waals surface area contributed by atoms with Crippen LogP contribution >= 0.6 is 0 Å². The van der Waals surface area contributed by atoms with Crippen LogP contribution in [0.15, 0.2) is 0 Å². The van der Waals surface area contributed by atoms with E-state index in [0.717, 1.165) is 19.4 Å². The van der Waals surface area contributed by atoms with Crippen molar-refractivity contribution in [3.63, 3.8) is 0 Å². The maximum absolute atomic E-state index is 13.2. The summed E-state index contributed by atoms with van der Waals surface area (Å²) in [5.74, 6) is -2.25. The third-order valence-electron chi connectivity index (χ3n) is 12.6. The lowest BCUT2D eigenvalue weighted by Gasteiger charge is -2.70. The molecule has 10 heteroatoms. The Hall–Kier alpha value is -1.30. The molecule has 0 aromatic rings. The largest absolute Gasteiger partial charge is 0.459 e. The van der Waals surface area contributed by atoms with Crippen LogP contribution in [0.1, 0.15) is 47.0 Å². The Morgan fingerprint density at radius 2 is 1.59 bits per heavy atom. The number of esters is 2. The maximum atomic E-state index is 13.2. The number of carbonyl (C=O) groups is 2. The van der Waals surface area contributed by atoms with E-state index in [4.69, 9.17) is 23.7 Å². The minimum absolute atomic E-state index is 0.0267. The average Bonchev–Trinajstić information content (AvgIpc) is 3.26. The molecule has 2 N–H and O–H groups in total. The van der Waals surface area contributed by atoms with Gasteiger partial charge in [0.2, 0.25) is 0 Å². The van der Waals surface area contributed by atoms with Crippen LogP contribution in [-0.4, -0.2) is 110 Å². The Balaban J connectivity index is 1.69. The molecule has 220 valence electrons.